The average Bonchev–Trinajstić information content (AvgIpc) is 2.57. The summed E-state index contributed by atoms with van der Waals surface area (Å²) in [5.74, 6) is 0.247. The normalized spacial score (nSPS) is 10.9. The quantitative estimate of drug-likeness (QED) is 0.812. The number of fused-ring (bicyclic) bond motifs is 1. The van der Waals surface area contributed by atoms with Gasteiger partial charge in [0.25, 0.3) is 0 Å². The molecule has 0 atom stereocenters. The predicted octanol–water partition coefficient (Wildman–Crippen LogP) is 2.67. The van der Waals surface area contributed by atoms with Crippen LogP contribution in [0, 0.1) is 0 Å². The van der Waals surface area contributed by atoms with Crippen molar-refractivity contribution in [2.45, 2.75) is 13.5 Å². The van der Waals surface area contributed by atoms with Crippen molar-refractivity contribution < 1.29 is 14.3 Å². The number of ether oxygens (including phenoxy) is 1. The zero-order chi connectivity index (χ0) is 9.97. The molecule has 3 heteroatoms. The van der Waals surface area contributed by atoms with E-state index in [9.17, 15) is 5.11 Å². The summed E-state index contributed by atoms with van der Waals surface area (Å²) < 4.78 is 10.6. The van der Waals surface area contributed by atoms with Crippen LogP contribution in [0.25, 0.3) is 11.0 Å². The lowest BCUT2D eigenvalue weighted by Gasteiger charge is -1.98. The fourth-order valence-electron chi connectivity index (χ4n) is 1.39. The van der Waals surface area contributed by atoms with E-state index in [1.54, 1.807) is 24.5 Å². The molecule has 74 valence electrons. The van der Waals surface area contributed by atoms with E-state index in [0.29, 0.717) is 13.2 Å². The number of phenols is 1. The van der Waals surface area contributed by atoms with Gasteiger partial charge in [-0.2, -0.15) is 0 Å². The van der Waals surface area contributed by atoms with E-state index in [2.05, 4.69) is 0 Å². The van der Waals surface area contributed by atoms with Crippen molar-refractivity contribution in [1.82, 2.24) is 0 Å². The molecule has 0 amide bonds. The van der Waals surface area contributed by atoms with Crippen LogP contribution in [0.2, 0.25) is 0 Å². The number of rotatable bonds is 3. The Hall–Kier alpha value is -1.48. The molecule has 0 bridgehead atoms. The predicted molar refractivity (Wildman–Crippen MR) is 53.2 cm³/mol. The first-order valence-electron chi connectivity index (χ1n) is 4.58. The van der Waals surface area contributed by atoms with Gasteiger partial charge < -0.3 is 14.3 Å². The van der Waals surface area contributed by atoms with E-state index in [4.69, 9.17) is 9.15 Å². The Morgan fingerprint density at radius 2 is 2.29 bits per heavy atom. The summed E-state index contributed by atoms with van der Waals surface area (Å²) >= 11 is 0. The summed E-state index contributed by atoms with van der Waals surface area (Å²) in [5.41, 5.74) is 1.75. The maximum atomic E-state index is 9.32. The molecule has 0 saturated heterocycles. The van der Waals surface area contributed by atoms with Crippen molar-refractivity contribution in [3.63, 3.8) is 0 Å². The minimum Gasteiger partial charge on any atom is -0.508 e. The van der Waals surface area contributed by atoms with E-state index in [0.717, 1.165) is 16.5 Å². The molecule has 0 aliphatic rings. The molecule has 0 aliphatic carbocycles. The first-order valence-corrected chi connectivity index (χ1v) is 4.58. The average molecular weight is 192 g/mol. The van der Waals surface area contributed by atoms with Crippen LogP contribution in [0.4, 0.5) is 0 Å². The van der Waals surface area contributed by atoms with Crippen LogP contribution < -0.4 is 0 Å². The minimum atomic E-state index is 0.247. The second kappa shape index (κ2) is 3.72. The van der Waals surface area contributed by atoms with Crippen LogP contribution in [0.1, 0.15) is 12.5 Å². The highest BCUT2D eigenvalue weighted by atomic mass is 16.5. The Bertz CT molecular complexity index is 431. The smallest absolute Gasteiger partial charge is 0.134 e. The Labute approximate surface area is 81.9 Å². The highest BCUT2D eigenvalue weighted by Gasteiger charge is 2.05. The molecule has 1 N–H and O–H groups in total. The summed E-state index contributed by atoms with van der Waals surface area (Å²) in [4.78, 5) is 0. The van der Waals surface area contributed by atoms with Crippen LogP contribution in [0.3, 0.4) is 0 Å². The number of phenolic OH excluding ortho intramolecular Hbond substituents is 1. The Balaban J connectivity index is 2.40. The van der Waals surface area contributed by atoms with Crippen LogP contribution in [0.15, 0.2) is 28.9 Å². The molecule has 3 nitrogen and oxygen atoms in total. The topological polar surface area (TPSA) is 42.6 Å². The third-order valence-corrected chi connectivity index (χ3v) is 2.10. The Morgan fingerprint density at radius 1 is 1.43 bits per heavy atom. The third kappa shape index (κ3) is 1.59. The largest absolute Gasteiger partial charge is 0.508 e. The molecule has 0 radical (unpaired) electrons. The highest BCUT2D eigenvalue weighted by Crippen LogP contribution is 2.25. The summed E-state index contributed by atoms with van der Waals surface area (Å²) in [6.45, 7) is 3.14. The van der Waals surface area contributed by atoms with Gasteiger partial charge in [-0.1, -0.05) is 0 Å². The molecule has 2 rings (SSSR count). The molecule has 1 heterocycles. The van der Waals surface area contributed by atoms with Gasteiger partial charge in [0.1, 0.15) is 11.3 Å². The van der Waals surface area contributed by atoms with Crippen molar-refractivity contribution in [2.75, 3.05) is 6.61 Å². The van der Waals surface area contributed by atoms with E-state index < -0.39 is 0 Å². The van der Waals surface area contributed by atoms with Gasteiger partial charge in [0.2, 0.25) is 0 Å². The van der Waals surface area contributed by atoms with Gasteiger partial charge in [0, 0.05) is 17.6 Å². The van der Waals surface area contributed by atoms with Gasteiger partial charge in [0.05, 0.1) is 12.9 Å². The first kappa shape index (κ1) is 9.09. The zero-order valence-corrected chi connectivity index (χ0v) is 7.99. The van der Waals surface area contributed by atoms with E-state index in [1.807, 2.05) is 6.92 Å². The second-order valence-corrected chi connectivity index (χ2v) is 3.08. The number of benzene rings is 1. The lowest BCUT2D eigenvalue weighted by Crippen LogP contribution is -1.89. The third-order valence-electron chi connectivity index (χ3n) is 2.10. The fraction of sp³-hybridized carbons (Fsp3) is 0.273. The standard InChI is InChI=1S/C11H12O3/c1-2-13-6-8-7-14-11-4-3-9(12)5-10(8)11/h3-5,7,12H,2,6H2,1H3. The van der Waals surface area contributed by atoms with Gasteiger partial charge >= 0.3 is 0 Å². The van der Waals surface area contributed by atoms with E-state index >= 15 is 0 Å². The Morgan fingerprint density at radius 3 is 3.07 bits per heavy atom. The van der Waals surface area contributed by atoms with Crippen molar-refractivity contribution in [3.05, 3.63) is 30.0 Å². The molecule has 1 aromatic carbocycles. The second-order valence-electron chi connectivity index (χ2n) is 3.08. The van der Waals surface area contributed by atoms with Crippen LogP contribution in [-0.4, -0.2) is 11.7 Å². The van der Waals surface area contributed by atoms with Crippen LogP contribution >= 0.6 is 0 Å². The van der Waals surface area contributed by atoms with Crippen LogP contribution in [-0.2, 0) is 11.3 Å². The molecule has 14 heavy (non-hydrogen) atoms. The van der Waals surface area contributed by atoms with E-state index in [-0.39, 0.29) is 5.75 Å². The highest BCUT2D eigenvalue weighted by molar-refractivity contribution is 5.82. The molecule has 0 aliphatic heterocycles. The summed E-state index contributed by atoms with van der Waals surface area (Å²) in [6.07, 6.45) is 1.67. The summed E-state index contributed by atoms with van der Waals surface area (Å²) in [6, 6.07) is 5.05. The molecule has 0 saturated carbocycles. The number of aromatic hydroxyl groups is 1. The first-order chi connectivity index (χ1) is 6.81. The molecule has 2 aromatic rings. The molecule has 0 spiro atoms. The minimum absolute atomic E-state index is 0.247. The van der Waals surface area contributed by atoms with Gasteiger partial charge in [-0.05, 0) is 25.1 Å². The summed E-state index contributed by atoms with van der Waals surface area (Å²) in [7, 11) is 0. The van der Waals surface area contributed by atoms with Crippen molar-refractivity contribution in [3.8, 4) is 5.75 Å². The number of hydrogen-bond acceptors (Lipinski definition) is 3. The van der Waals surface area contributed by atoms with Crippen molar-refractivity contribution >= 4 is 11.0 Å². The van der Waals surface area contributed by atoms with Gasteiger partial charge in [-0.15, -0.1) is 0 Å². The van der Waals surface area contributed by atoms with Gasteiger partial charge in [-0.25, -0.2) is 0 Å². The monoisotopic (exact) mass is 192 g/mol. The van der Waals surface area contributed by atoms with Gasteiger partial charge in [0.15, 0.2) is 0 Å². The SMILES string of the molecule is CCOCc1coc2ccc(O)cc12. The van der Waals surface area contributed by atoms with Crippen LogP contribution in [0.5, 0.6) is 5.75 Å². The van der Waals surface area contributed by atoms with Crippen molar-refractivity contribution in [1.29, 1.82) is 0 Å². The number of furan rings is 1. The molecular weight excluding hydrogens is 180 g/mol. The molecule has 1 aromatic heterocycles. The maximum Gasteiger partial charge on any atom is 0.134 e. The van der Waals surface area contributed by atoms with Gasteiger partial charge in [-0.3, -0.25) is 0 Å². The zero-order valence-electron chi connectivity index (χ0n) is 7.99. The Kier molecular flexibility index (Phi) is 2.41. The fourth-order valence-corrected chi connectivity index (χ4v) is 1.39. The lowest BCUT2D eigenvalue weighted by molar-refractivity contribution is 0.134. The van der Waals surface area contributed by atoms with E-state index in [1.165, 1.54) is 0 Å². The lowest BCUT2D eigenvalue weighted by atomic mass is 10.2. The molecular formula is C11H12O3. The number of hydrogen-bond donors (Lipinski definition) is 1. The molecule has 0 fully saturated rings. The maximum absolute atomic E-state index is 9.32. The van der Waals surface area contributed by atoms with Crippen molar-refractivity contribution in [2.24, 2.45) is 0 Å². The molecule has 0 unspecified atom stereocenters. The summed E-state index contributed by atoms with van der Waals surface area (Å²) in [5, 5.41) is 10.2.